The Morgan fingerprint density at radius 2 is 2.33 bits per heavy atom. The third-order valence-electron chi connectivity index (χ3n) is 4.36. The average Bonchev–Trinajstić information content (AvgIpc) is 3.01. The van der Waals surface area contributed by atoms with Gasteiger partial charge in [0.2, 0.25) is 0 Å². The summed E-state index contributed by atoms with van der Waals surface area (Å²) >= 11 is 0. The molecule has 2 aliphatic heterocycles. The highest BCUT2D eigenvalue weighted by Crippen LogP contribution is 2.25. The molecule has 1 aromatic heterocycles. The van der Waals surface area contributed by atoms with Crippen LogP contribution >= 0.6 is 0 Å². The molecule has 0 bridgehead atoms. The lowest BCUT2D eigenvalue weighted by Gasteiger charge is -2.35. The van der Waals surface area contributed by atoms with E-state index < -0.39 is 0 Å². The van der Waals surface area contributed by atoms with Gasteiger partial charge in [0.1, 0.15) is 0 Å². The van der Waals surface area contributed by atoms with E-state index in [4.69, 9.17) is 0 Å². The van der Waals surface area contributed by atoms with E-state index in [-0.39, 0.29) is 0 Å². The third-order valence-corrected chi connectivity index (χ3v) is 4.36. The maximum absolute atomic E-state index is 4.49. The van der Waals surface area contributed by atoms with Gasteiger partial charge >= 0.3 is 0 Å². The lowest BCUT2D eigenvalue weighted by atomic mass is 9.90. The number of likely N-dealkylation sites (tertiary alicyclic amines) is 1. The standard InChI is InChI=1S/C14H24N4/c1-17-9-6-13(16-17)11-18-8-3-4-12(10-18)14-5-2-7-15-14/h6,9,12,14-15H,2-5,7-8,10-11H2,1H3. The van der Waals surface area contributed by atoms with Crippen molar-refractivity contribution in [3.63, 3.8) is 0 Å². The maximum atomic E-state index is 4.49. The number of nitrogens with one attached hydrogen (secondary N) is 1. The molecule has 0 amide bonds. The SMILES string of the molecule is Cn1ccc(CN2CCCC(C3CCCN3)C2)n1. The van der Waals surface area contributed by atoms with Crippen molar-refractivity contribution in [2.75, 3.05) is 19.6 Å². The largest absolute Gasteiger partial charge is 0.314 e. The van der Waals surface area contributed by atoms with E-state index in [0.29, 0.717) is 0 Å². The molecule has 0 radical (unpaired) electrons. The Labute approximate surface area is 109 Å². The van der Waals surface area contributed by atoms with Crippen LogP contribution in [-0.4, -0.2) is 40.4 Å². The lowest BCUT2D eigenvalue weighted by Crippen LogP contribution is -2.43. The minimum atomic E-state index is 0.775. The fourth-order valence-corrected chi connectivity index (χ4v) is 3.45. The van der Waals surface area contributed by atoms with Crippen LogP contribution in [-0.2, 0) is 13.6 Å². The molecule has 0 aliphatic carbocycles. The first kappa shape index (κ1) is 12.2. The molecule has 2 saturated heterocycles. The molecule has 3 heterocycles. The smallest absolute Gasteiger partial charge is 0.0764 e. The zero-order chi connectivity index (χ0) is 12.4. The second-order valence-electron chi connectivity index (χ2n) is 5.82. The Balaban J connectivity index is 1.56. The third kappa shape index (κ3) is 2.75. The monoisotopic (exact) mass is 248 g/mol. The van der Waals surface area contributed by atoms with Gasteiger partial charge in [-0.3, -0.25) is 9.58 Å². The molecular weight excluding hydrogens is 224 g/mol. The minimum absolute atomic E-state index is 0.775. The molecule has 1 aromatic rings. The number of aromatic nitrogens is 2. The van der Waals surface area contributed by atoms with E-state index in [2.05, 4.69) is 21.4 Å². The number of rotatable bonds is 3. The van der Waals surface area contributed by atoms with Crippen LogP contribution in [0.25, 0.3) is 0 Å². The molecular formula is C14H24N4. The first-order chi connectivity index (χ1) is 8.81. The van der Waals surface area contributed by atoms with Gasteiger partial charge in [0, 0.05) is 32.4 Å². The van der Waals surface area contributed by atoms with Gasteiger partial charge in [-0.2, -0.15) is 5.10 Å². The predicted octanol–water partition coefficient (Wildman–Crippen LogP) is 1.38. The van der Waals surface area contributed by atoms with Crippen molar-refractivity contribution in [3.05, 3.63) is 18.0 Å². The summed E-state index contributed by atoms with van der Waals surface area (Å²) in [6.07, 6.45) is 7.52. The van der Waals surface area contributed by atoms with E-state index >= 15 is 0 Å². The van der Waals surface area contributed by atoms with Crippen LogP contribution in [0, 0.1) is 5.92 Å². The van der Waals surface area contributed by atoms with Crippen molar-refractivity contribution < 1.29 is 0 Å². The first-order valence-corrected chi connectivity index (χ1v) is 7.25. The van der Waals surface area contributed by atoms with E-state index in [0.717, 1.165) is 18.5 Å². The topological polar surface area (TPSA) is 33.1 Å². The van der Waals surface area contributed by atoms with Crippen LogP contribution in [0.1, 0.15) is 31.4 Å². The fraction of sp³-hybridized carbons (Fsp3) is 0.786. The molecule has 4 nitrogen and oxygen atoms in total. The summed E-state index contributed by atoms with van der Waals surface area (Å²) in [7, 11) is 1.99. The van der Waals surface area contributed by atoms with Gasteiger partial charge < -0.3 is 5.32 Å². The molecule has 100 valence electrons. The van der Waals surface area contributed by atoms with E-state index in [1.54, 1.807) is 0 Å². The number of aryl methyl sites for hydroxylation is 1. The highest BCUT2D eigenvalue weighted by molar-refractivity contribution is 4.99. The molecule has 2 fully saturated rings. The zero-order valence-electron chi connectivity index (χ0n) is 11.3. The summed E-state index contributed by atoms with van der Waals surface area (Å²) in [5, 5.41) is 8.16. The molecule has 0 saturated carbocycles. The van der Waals surface area contributed by atoms with Gasteiger partial charge in [-0.15, -0.1) is 0 Å². The number of hydrogen-bond donors (Lipinski definition) is 1. The van der Waals surface area contributed by atoms with Gasteiger partial charge in [0.05, 0.1) is 5.69 Å². The van der Waals surface area contributed by atoms with Crippen molar-refractivity contribution >= 4 is 0 Å². The van der Waals surface area contributed by atoms with Crippen LogP contribution < -0.4 is 5.32 Å². The summed E-state index contributed by atoms with van der Waals surface area (Å²) in [5.41, 5.74) is 1.21. The average molecular weight is 248 g/mol. The van der Waals surface area contributed by atoms with Crippen LogP contribution in [0.15, 0.2) is 12.3 Å². The molecule has 0 aromatic carbocycles. The van der Waals surface area contributed by atoms with Crippen molar-refractivity contribution in [1.29, 1.82) is 0 Å². The summed E-state index contributed by atoms with van der Waals surface area (Å²) in [6, 6.07) is 2.91. The minimum Gasteiger partial charge on any atom is -0.314 e. The van der Waals surface area contributed by atoms with Crippen molar-refractivity contribution in [3.8, 4) is 0 Å². The van der Waals surface area contributed by atoms with Crippen LogP contribution in [0.5, 0.6) is 0 Å². The molecule has 4 heteroatoms. The lowest BCUT2D eigenvalue weighted by molar-refractivity contribution is 0.144. The summed E-state index contributed by atoms with van der Waals surface area (Å²) in [4.78, 5) is 2.58. The van der Waals surface area contributed by atoms with Crippen LogP contribution in [0.2, 0.25) is 0 Å². The molecule has 2 aliphatic rings. The Morgan fingerprint density at radius 3 is 3.06 bits per heavy atom. The second-order valence-corrected chi connectivity index (χ2v) is 5.82. The quantitative estimate of drug-likeness (QED) is 0.877. The molecule has 0 spiro atoms. The van der Waals surface area contributed by atoms with Crippen LogP contribution in [0.3, 0.4) is 0 Å². The first-order valence-electron chi connectivity index (χ1n) is 7.25. The zero-order valence-corrected chi connectivity index (χ0v) is 11.3. The van der Waals surface area contributed by atoms with Crippen molar-refractivity contribution in [2.24, 2.45) is 13.0 Å². The fourth-order valence-electron chi connectivity index (χ4n) is 3.45. The number of nitrogens with zero attached hydrogens (tertiary/aromatic N) is 3. The summed E-state index contributed by atoms with van der Waals surface area (Å²) in [5.74, 6) is 0.852. The van der Waals surface area contributed by atoms with E-state index in [1.165, 1.54) is 51.0 Å². The predicted molar refractivity (Wildman–Crippen MR) is 72.2 cm³/mol. The molecule has 2 unspecified atom stereocenters. The highest BCUT2D eigenvalue weighted by atomic mass is 15.3. The Hall–Kier alpha value is -0.870. The highest BCUT2D eigenvalue weighted by Gasteiger charge is 2.29. The van der Waals surface area contributed by atoms with Crippen molar-refractivity contribution in [1.82, 2.24) is 20.0 Å². The number of hydrogen-bond acceptors (Lipinski definition) is 3. The van der Waals surface area contributed by atoms with Gasteiger partial charge in [-0.25, -0.2) is 0 Å². The van der Waals surface area contributed by atoms with Gasteiger partial charge in [0.15, 0.2) is 0 Å². The van der Waals surface area contributed by atoms with Gasteiger partial charge in [-0.05, 0) is 50.8 Å². The molecule has 1 N–H and O–H groups in total. The Kier molecular flexibility index (Phi) is 3.66. The van der Waals surface area contributed by atoms with Gasteiger partial charge in [-0.1, -0.05) is 0 Å². The summed E-state index contributed by atoms with van der Waals surface area (Å²) in [6.45, 7) is 4.72. The van der Waals surface area contributed by atoms with Gasteiger partial charge in [0.25, 0.3) is 0 Å². The summed E-state index contributed by atoms with van der Waals surface area (Å²) < 4.78 is 1.90. The molecule has 3 rings (SSSR count). The molecule has 18 heavy (non-hydrogen) atoms. The normalized spacial score (nSPS) is 29.8. The second kappa shape index (κ2) is 5.41. The van der Waals surface area contributed by atoms with E-state index in [1.807, 2.05) is 17.9 Å². The van der Waals surface area contributed by atoms with E-state index in [9.17, 15) is 0 Å². The van der Waals surface area contributed by atoms with Crippen LogP contribution in [0.4, 0.5) is 0 Å². The maximum Gasteiger partial charge on any atom is 0.0764 e. The number of piperidine rings is 1. The Bertz CT molecular complexity index is 381. The Morgan fingerprint density at radius 1 is 1.39 bits per heavy atom. The molecule has 2 atom stereocenters. The van der Waals surface area contributed by atoms with Crippen molar-refractivity contribution in [2.45, 2.75) is 38.3 Å².